The second-order valence-corrected chi connectivity index (χ2v) is 6.10. The van der Waals surface area contributed by atoms with Gasteiger partial charge in [0.25, 0.3) is 5.91 Å². The molecule has 1 aliphatic heterocycles. The molecule has 0 radical (unpaired) electrons. The Morgan fingerprint density at radius 2 is 1.95 bits per heavy atom. The quantitative estimate of drug-likeness (QED) is 0.915. The highest BCUT2D eigenvalue weighted by Crippen LogP contribution is 2.28. The number of carbonyl (C=O) groups excluding carboxylic acids is 1. The minimum atomic E-state index is -0.799. The number of carbonyl (C=O) groups is 2. The van der Waals surface area contributed by atoms with E-state index in [4.69, 9.17) is 28.3 Å². The number of likely N-dealkylation sites (tertiary alicyclic amines) is 1. The minimum absolute atomic E-state index is 0.138. The number of carboxylic acid groups (broad SMARTS) is 1. The Kier molecular flexibility index (Phi) is 5.48. The highest BCUT2D eigenvalue weighted by molar-refractivity contribution is 6.39. The molecule has 2 rings (SSSR count). The monoisotopic (exact) mass is 329 g/mol. The van der Waals surface area contributed by atoms with E-state index in [-0.39, 0.29) is 18.2 Å². The topological polar surface area (TPSA) is 57.6 Å². The van der Waals surface area contributed by atoms with E-state index in [0.29, 0.717) is 35.1 Å². The lowest BCUT2D eigenvalue weighted by atomic mass is 9.93. The molecule has 0 bridgehead atoms. The zero-order chi connectivity index (χ0) is 15.4. The normalized spacial score (nSPS) is 18.6. The molecule has 1 amide bonds. The number of aliphatic carboxylic acids is 1. The summed E-state index contributed by atoms with van der Waals surface area (Å²) in [6, 6.07) is 4.99. The van der Waals surface area contributed by atoms with Crippen molar-refractivity contribution in [2.75, 3.05) is 13.1 Å². The summed E-state index contributed by atoms with van der Waals surface area (Å²) < 4.78 is 0. The SMILES string of the molecule is O=C(O)CC[C@H]1CCCN(C(=O)c2c(Cl)cccc2Cl)C1. The Morgan fingerprint density at radius 3 is 2.57 bits per heavy atom. The molecule has 114 valence electrons. The average Bonchev–Trinajstić information content (AvgIpc) is 2.45. The standard InChI is InChI=1S/C15H17Cl2NO3/c16-11-4-1-5-12(17)14(11)15(21)18-8-2-3-10(9-18)6-7-13(19)20/h1,4-5,10H,2-3,6-9H2,(H,19,20)/t10-/m1/s1. The summed E-state index contributed by atoms with van der Waals surface area (Å²) in [5.74, 6) is -0.752. The van der Waals surface area contributed by atoms with E-state index in [9.17, 15) is 9.59 Å². The fourth-order valence-corrected chi connectivity index (χ4v) is 3.23. The molecule has 0 aliphatic carbocycles. The van der Waals surface area contributed by atoms with Gasteiger partial charge >= 0.3 is 5.97 Å². The van der Waals surface area contributed by atoms with Crippen molar-refractivity contribution in [2.24, 2.45) is 5.92 Å². The molecule has 1 atom stereocenters. The van der Waals surface area contributed by atoms with Crippen molar-refractivity contribution in [1.29, 1.82) is 0 Å². The van der Waals surface area contributed by atoms with Crippen molar-refractivity contribution in [2.45, 2.75) is 25.7 Å². The van der Waals surface area contributed by atoms with Crippen LogP contribution in [0, 0.1) is 5.92 Å². The molecule has 1 N–H and O–H groups in total. The van der Waals surface area contributed by atoms with Crippen LogP contribution in [0.4, 0.5) is 0 Å². The summed E-state index contributed by atoms with van der Waals surface area (Å²) in [5.41, 5.74) is 0.333. The number of hydrogen-bond acceptors (Lipinski definition) is 2. The zero-order valence-corrected chi connectivity index (χ0v) is 13.0. The first-order valence-electron chi connectivity index (χ1n) is 6.94. The highest BCUT2D eigenvalue weighted by Gasteiger charge is 2.27. The molecule has 0 saturated carbocycles. The van der Waals surface area contributed by atoms with Crippen LogP contribution < -0.4 is 0 Å². The van der Waals surface area contributed by atoms with Gasteiger partial charge in [-0.05, 0) is 37.3 Å². The third kappa shape index (κ3) is 4.11. The van der Waals surface area contributed by atoms with E-state index < -0.39 is 5.97 Å². The number of benzene rings is 1. The summed E-state index contributed by atoms with van der Waals surface area (Å²) in [5, 5.41) is 9.45. The van der Waals surface area contributed by atoms with Crippen molar-refractivity contribution in [3.8, 4) is 0 Å². The van der Waals surface area contributed by atoms with Gasteiger partial charge in [0.15, 0.2) is 0 Å². The average molecular weight is 330 g/mol. The smallest absolute Gasteiger partial charge is 0.303 e. The molecule has 0 aromatic heterocycles. The number of carboxylic acids is 1. The third-order valence-corrected chi connectivity index (χ3v) is 4.38. The van der Waals surface area contributed by atoms with Crippen molar-refractivity contribution in [3.05, 3.63) is 33.8 Å². The molecular weight excluding hydrogens is 313 g/mol. The van der Waals surface area contributed by atoms with Gasteiger partial charge in [0, 0.05) is 19.5 Å². The molecule has 1 aromatic carbocycles. The van der Waals surface area contributed by atoms with E-state index in [1.54, 1.807) is 23.1 Å². The number of hydrogen-bond donors (Lipinski definition) is 1. The van der Waals surface area contributed by atoms with Crippen LogP contribution in [0.1, 0.15) is 36.0 Å². The van der Waals surface area contributed by atoms with Gasteiger partial charge in [-0.1, -0.05) is 29.3 Å². The van der Waals surface area contributed by atoms with Gasteiger partial charge in [0.05, 0.1) is 15.6 Å². The van der Waals surface area contributed by atoms with Gasteiger partial charge in [-0.3, -0.25) is 9.59 Å². The summed E-state index contributed by atoms with van der Waals surface area (Å²) >= 11 is 12.1. The molecule has 1 fully saturated rings. The summed E-state index contributed by atoms with van der Waals surface area (Å²) in [4.78, 5) is 24.9. The number of halogens is 2. The van der Waals surface area contributed by atoms with Crippen LogP contribution in [0.3, 0.4) is 0 Å². The minimum Gasteiger partial charge on any atom is -0.481 e. The number of rotatable bonds is 4. The first-order valence-corrected chi connectivity index (χ1v) is 7.69. The third-order valence-electron chi connectivity index (χ3n) is 3.75. The van der Waals surface area contributed by atoms with Crippen molar-refractivity contribution >= 4 is 35.1 Å². The van der Waals surface area contributed by atoms with E-state index in [1.165, 1.54) is 0 Å². The lowest BCUT2D eigenvalue weighted by Crippen LogP contribution is -2.40. The second kappa shape index (κ2) is 7.14. The summed E-state index contributed by atoms with van der Waals surface area (Å²) in [6.45, 7) is 1.22. The molecule has 21 heavy (non-hydrogen) atoms. The van der Waals surface area contributed by atoms with Crippen molar-refractivity contribution < 1.29 is 14.7 Å². The predicted molar refractivity (Wildman–Crippen MR) is 82.0 cm³/mol. The molecular formula is C15H17Cl2NO3. The Balaban J connectivity index is 2.07. The van der Waals surface area contributed by atoms with Gasteiger partial charge in [-0.2, -0.15) is 0 Å². The molecule has 1 saturated heterocycles. The second-order valence-electron chi connectivity index (χ2n) is 5.29. The maximum Gasteiger partial charge on any atom is 0.303 e. The van der Waals surface area contributed by atoms with E-state index in [1.807, 2.05) is 0 Å². The number of nitrogens with zero attached hydrogens (tertiary/aromatic N) is 1. The van der Waals surface area contributed by atoms with Gasteiger partial charge < -0.3 is 10.0 Å². The molecule has 0 unspecified atom stereocenters. The Morgan fingerprint density at radius 1 is 1.29 bits per heavy atom. The lowest BCUT2D eigenvalue weighted by Gasteiger charge is -2.33. The van der Waals surface area contributed by atoms with Gasteiger partial charge in [-0.15, -0.1) is 0 Å². The van der Waals surface area contributed by atoms with Gasteiger partial charge in [0.2, 0.25) is 0 Å². The molecule has 1 aliphatic rings. The maximum absolute atomic E-state index is 12.6. The van der Waals surface area contributed by atoms with Crippen molar-refractivity contribution in [3.63, 3.8) is 0 Å². The van der Waals surface area contributed by atoms with Crippen molar-refractivity contribution in [1.82, 2.24) is 4.90 Å². The summed E-state index contributed by atoms with van der Waals surface area (Å²) in [7, 11) is 0. The van der Waals surface area contributed by atoms with E-state index in [2.05, 4.69) is 0 Å². The summed E-state index contributed by atoms with van der Waals surface area (Å²) in [6.07, 6.45) is 2.56. The zero-order valence-electron chi connectivity index (χ0n) is 11.5. The van der Waals surface area contributed by atoms with Gasteiger partial charge in [-0.25, -0.2) is 0 Å². The van der Waals surface area contributed by atoms with Crippen LogP contribution in [0.5, 0.6) is 0 Å². The van der Waals surface area contributed by atoms with Crippen LogP contribution in [0.25, 0.3) is 0 Å². The first kappa shape index (κ1) is 16.1. The van der Waals surface area contributed by atoms with E-state index in [0.717, 1.165) is 12.8 Å². The molecule has 0 spiro atoms. The van der Waals surface area contributed by atoms with Crippen LogP contribution in [-0.4, -0.2) is 35.0 Å². The molecule has 4 nitrogen and oxygen atoms in total. The maximum atomic E-state index is 12.6. The fraction of sp³-hybridized carbons (Fsp3) is 0.467. The van der Waals surface area contributed by atoms with Gasteiger partial charge in [0.1, 0.15) is 0 Å². The van der Waals surface area contributed by atoms with Crippen LogP contribution >= 0.6 is 23.2 Å². The molecule has 1 heterocycles. The van der Waals surface area contributed by atoms with Crippen LogP contribution in [0.2, 0.25) is 10.0 Å². The fourth-order valence-electron chi connectivity index (χ4n) is 2.67. The highest BCUT2D eigenvalue weighted by atomic mass is 35.5. The van der Waals surface area contributed by atoms with E-state index >= 15 is 0 Å². The number of amides is 1. The molecule has 6 heteroatoms. The Hall–Kier alpha value is -1.26. The Labute approximate surface area is 133 Å². The van der Waals surface area contributed by atoms with Crippen LogP contribution in [0.15, 0.2) is 18.2 Å². The largest absolute Gasteiger partial charge is 0.481 e. The number of piperidine rings is 1. The predicted octanol–water partition coefficient (Wildman–Crippen LogP) is 3.71. The van der Waals surface area contributed by atoms with Crippen LogP contribution in [-0.2, 0) is 4.79 Å². The first-order chi connectivity index (χ1) is 9.99. The lowest BCUT2D eigenvalue weighted by molar-refractivity contribution is -0.137. The Bertz CT molecular complexity index is 527. The molecule has 1 aromatic rings.